The average molecular weight is 221 g/mol. The molecule has 1 rings (SSSR count). The Labute approximate surface area is 98.7 Å². The summed E-state index contributed by atoms with van der Waals surface area (Å²) in [5, 5.41) is 12.4. The Morgan fingerprint density at radius 3 is 2.12 bits per heavy atom. The van der Waals surface area contributed by atoms with Crippen LogP contribution in [0.2, 0.25) is 0 Å². The van der Waals surface area contributed by atoms with E-state index in [9.17, 15) is 0 Å². The van der Waals surface area contributed by atoms with Crippen LogP contribution in [0.1, 0.15) is 31.9 Å². The zero-order chi connectivity index (χ0) is 12.0. The summed E-state index contributed by atoms with van der Waals surface area (Å²) in [5.74, 6) is 1.43. The monoisotopic (exact) mass is 221 g/mol. The Bertz CT molecular complexity index is 292. The largest absolute Gasteiger partial charge is 0.392 e. The van der Waals surface area contributed by atoms with Gasteiger partial charge in [-0.15, -0.1) is 0 Å². The van der Waals surface area contributed by atoms with E-state index in [0.717, 1.165) is 24.6 Å². The van der Waals surface area contributed by atoms with Crippen LogP contribution < -0.4 is 5.32 Å². The average Bonchev–Trinajstić information content (AvgIpc) is 2.29. The fourth-order valence-electron chi connectivity index (χ4n) is 1.44. The number of hydrogen-bond donors (Lipinski definition) is 2. The first-order valence-electron chi connectivity index (χ1n) is 6.03. The van der Waals surface area contributed by atoms with Crippen LogP contribution in [-0.4, -0.2) is 11.7 Å². The van der Waals surface area contributed by atoms with E-state index in [1.54, 1.807) is 0 Å². The van der Waals surface area contributed by atoms with Gasteiger partial charge in [-0.1, -0.05) is 45.0 Å². The Morgan fingerprint density at radius 2 is 1.62 bits per heavy atom. The van der Waals surface area contributed by atoms with Crippen LogP contribution in [0.4, 0.5) is 0 Å². The van der Waals surface area contributed by atoms with Crippen LogP contribution in [0.25, 0.3) is 0 Å². The van der Waals surface area contributed by atoms with Crippen molar-refractivity contribution in [1.82, 2.24) is 5.32 Å². The molecular formula is C14H23NO. The van der Waals surface area contributed by atoms with Gasteiger partial charge in [-0.3, -0.25) is 0 Å². The minimum absolute atomic E-state index is 0.123. The van der Waals surface area contributed by atoms with Gasteiger partial charge in [0.1, 0.15) is 0 Å². The third kappa shape index (κ3) is 4.33. The van der Waals surface area contributed by atoms with E-state index in [1.807, 2.05) is 12.1 Å². The van der Waals surface area contributed by atoms with Crippen LogP contribution in [0.5, 0.6) is 0 Å². The molecule has 0 spiro atoms. The molecule has 0 aliphatic rings. The summed E-state index contributed by atoms with van der Waals surface area (Å²) in [6, 6.07) is 8.09. The van der Waals surface area contributed by atoms with Gasteiger partial charge in [-0.2, -0.15) is 0 Å². The van der Waals surface area contributed by atoms with Gasteiger partial charge in [0.25, 0.3) is 0 Å². The molecular weight excluding hydrogens is 198 g/mol. The van der Waals surface area contributed by atoms with E-state index < -0.39 is 0 Å². The number of rotatable bonds is 6. The van der Waals surface area contributed by atoms with Crippen LogP contribution in [0.15, 0.2) is 24.3 Å². The maximum Gasteiger partial charge on any atom is 0.0681 e. The lowest BCUT2D eigenvalue weighted by Crippen LogP contribution is -2.23. The normalized spacial score (nSPS) is 13.1. The molecule has 1 atom stereocenters. The lowest BCUT2D eigenvalue weighted by molar-refractivity contribution is 0.282. The molecule has 2 nitrogen and oxygen atoms in total. The standard InChI is InChI=1S/C14H23NO/c1-11(2)12(3)8-15-9-13-4-6-14(10-16)7-5-13/h4-7,11-12,15-16H,8-10H2,1-3H3. The van der Waals surface area contributed by atoms with E-state index in [0.29, 0.717) is 5.92 Å². The predicted molar refractivity (Wildman–Crippen MR) is 68.1 cm³/mol. The van der Waals surface area contributed by atoms with Gasteiger partial charge < -0.3 is 10.4 Å². The molecule has 0 aromatic heterocycles. The maximum absolute atomic E-state index is 8.92. The molecule has 90 valence electrons. The van der Waals surface area contributed by atoms with E-state index in [-0.39, 0.29) is 6.61 Å². The van der Waals surface area contributed by atoms with E-state index >= 15 is 0 Å². The highest BCUT2D eigenvalue weighted by Gasteiger charge is 2.05. The van der Waals surface area contributed by atoms with Gasteiger partial charge in [0, 0.05) is 6.54 Å². The summed E-state index contributed by atoms with van der Waals surface area (Å²) in [7, 11) is 0. The molecule has 1 unspecified atom stereocenters. The molecule has 0 saturated carbocycles. The van der Waals surface area contributed by atoms with Crippen molar-refractivity contribution in [2.45, 2.75) is 33.9 Å². The number of aliphatic hydroxyl groups is 1. The van der Waals surface area contributed by atoms with Crippen molar-refractivity contribution in [2.75, 3.05) is 6.54 Å². The zero-order valence-electron chi connectivity index (χ0n) is 10.5. The fraction of sp³-hybridized carbons (Fsp3) is 0.571. The molecule has 16 heavy (non-hydrogen) atoms. The molecule has 0 fully saturated rings. The third-order valence-electron chi connectivity index (χ3n) is 3.14. The van der Waals surface area contributed by atoms with Crippen molar-refractivity contribution in [3.63, 3.8) is 0 Å². The van der Waals surface area contributed by atoms with Crippen LogP contribution >= 0.6 is 0 Å². The number of aliphatic hydroxyl groups excluding tert-OH is 1. The van der Waals surface area contributed by atoms with Gasteiger partial charge >= 0.3 is 0 Å². The number of benzene rings is 1. The Morgan fingerprint density at radius 1 is 1.06 bits per heavy atom. The highest BCUT2D eigenvalue weighted by Crippen LogP contribution is 2.08. The van der Waals surface area contributed by atoms with Gasteiger partial charge in [0.2, 0.25) is 0 Å². The van der Waals surface area contributed by atoms with Crippen molar-refractivity contribution in [3.8, 4) is 0 Å². The van der Waals surface area contributed by atoms with Gasteiger partial charge in [-0.25, -0.2) is 0 Å². The smallest absolute Gasteiger partial charge is 0.0681 e. The molecule has 1 aromatic carbocycles. The molecule has 2 heteroatoms. The Kier molecular flexibility index (Phi) is 5.50. The second kappa shape index (κ2) is 6.66. The minimum atomic E-state index is 0.123. The summed E-state index contributed by atoms with van der Waals surface area (Å²) >= 11 is 0. The zero-order valence-corrected chi connectivity index (χ0v) is 10.5. The van der Waals surface area contributed by atoms with Crippen molar-refractivity contribution in [2.24, 2.45) is 11.8 Å². The van der Waals surface area contributed by atoms with Gasteiger partial charge in [0.05, 0.1) is 6.61 Å². The second-order valence-electron chi connectivity index (χ2n) is 4.83. The molecule has 0 amide bonds. The summed E-state index contributed by atoms with van der Waals surface area (Å²) in [5.41, 5.74) is 2.24. The summed E-state index contributed by atoms with van der Waals surface area (Å²) in [6.07, 6.45) is 0. The highest BCUT2D eigenvalue weighted by atomic mass is 16.3. The fourth-order valence-corrected chi connectivity index (χ4v) is 1.44. The first-order chi connectivity index (χ1) is 7.63. The second-order valence-corrected chi connectivity index (χ2v) is 4.83. The van der Waals surface area contributed by atoms with Crippen molar-refractivity contribution in [3.05, 3.63) is 35.4 Å². The van der Waals surface area contributed by atoms with E-state index in [4.69, 9.17) is 5.11 Å². The highest BCUT2D eigenvalue weighted by molar-refractivity contribution is 5.21. The van der Waals surface area contributed by atoms with E-state index in [1.165, 1.54) is 5.56 Å². The van der Waals surface area contributed by atoms with Crippen LogP contribution in [0, 0.1) is 11.8 Å². The topological polar surface area (TPSA) is 32.3 Å². The van der Waals surface area contributed by atoms with Gasteiger partial charge in [-0.05, 0) is 29.5 Å². The molecule has 2 N–H and O–H groups in total. The number of hydrogen-bond acceptors (Lipinski definition) is 2. The maximum atomic E-state index is 8.92. The quantitative estimate of drug-likeness (QED) is 0.774. The molecule has 0 heterocycles. The molecule has 0 saturated heterocycles. The molecule has 0 aliphatic heterocycles. The van der Waals surface area contributed by atoms with Gasteiger partial charge in [0.15, 0.2) is 0 Å². The molecule has 0 radical (unpaired) electrons. The minimum Gasteiger partial charge on any atom is -0.392 e. The summed E-state index contributed by atoms with van der Waals surface area (Å²) in [4.78, 5) is 0. The first kappa shape index (κ1) is 13.2. The Balaban J connectivity index is 2.31. The SMILES string of the molecule is CC(C)C(C)CNCc1ccc(CO)cc1. The predicted octanol–water partition coefficient (Wildman–Crippen LogP) is 2.56. The summed E-state index contributed by atoms with van der Waals surface area (Å²) in [6.45, 7) is 8.86. The van der Waals surface area contributed by atoms with Crippen molar-refractivity contribution in [1.29, 1.82) is 0 Å². The molecule has 0 bridgehead atoms. The van der Waals surface area contributed by atoms with Crippen LogP contribution in [-0.2, 0) is 13.2 Å². The molecule has 1 aromatic rings. The third-order valence-corrected chi connectivity index (χ3v) is 3.14. The first-order valence-corrected chi connectivity index (χ1v) is 6.03. The Hall–Kier alpha value is -0.860. The lowest BCUT2D eigenvalue weighted by Gasteiger charge is -2.16. The van der Waals surface area contributed by atoms with E-state index in [2.05, 4.69) is 38.2 Å². The van der Waals surface area contributed by atoms with Crippen molar-refractivity contribution < 1.29 is 5.11 Å². The lowest BCUT2D eigenvalue weighted by atomic mass is 9.98. The molecule has 0 aliphatic carbocycles. The number of nitrogens with one attached hydrogen (secondary N) is 1. The summed E-state index contributed by atoms with van der Waals surface area (Å²) < 4.78 is 0. The van der Waals surface area contributed by atoms with Crippen LogP contribution in [0.3, 0.4) is 0 Å². The van der Waals surface area contributed by atoms with Crippen molar-refractivity contribution >= 4 is 0 Å².